The summed E-state index contributed by atoms with van der Waals surface area (Å²) in [5, 5.41) is 10.4. The van der Waals surface area contributed by atoms with Crippen LogP contribution < -0.4 is 4.74 Å². The van der Waals surface area contributed by atoms with Gasteiger partial charge in [0.2, 0.25) is 0 Å². The number of phenols is 1. The molecule has 0 fully saturated rings. The van der Waals surface area contributed by atoms with Gasteiger partial charge in [-0.15, -0.1) is 0 Å². The number of ketones is 1. The van der Waals surface area contributed by atoms with Crippen molar-refractivity contribution in [1.82, 2.24) is 0 Å². The Morgan fingerprint density at radius 1 is 1.08 bits per heavy atom. The second-order valence-corrected chi connectivity index (χ2v) is 6.79. The summed E-state index contributed by atoms with van der Waals surface area (Å²) < 4.78 is 11.1. The number of carbonyl (C=O) groups excluding carboxylic acids is 1. The summed E-state index contributed by atoms with van der Waals surface area (Å²) in [4.78, 5) is 13.1. The standard InChI is InChI=1S/C20H20O4/c1-20(2,3)19-17(15-11-13(21)7-10-16(15)24-19)18(22)12-5-8-14(23-4)9-6-12/h5-11,21H,1-4H3. The zero-order valence-electron chi connectivity index (χ0n) is 14.2. The van der Waals surface area contributed by atoms with Crippen LogP contribution in [-0.4, -0.2) is 18.0 Å². The minimum atomic E-state index is -0.341. The lowest BCUT2D eigenvalue weighted by Crippen LogP contribution is -2.15. The smallest absolute Gasteiger partial charge is 0.197 e. The van der Waals surface area contributed by atoms with Crippen LogP contribution in [0, 0.1) is 0 Å². The molecule has 1 aromatic heterocycles. The molecule has 0 aliphatic rings. The van der Waals surface area contributed by atoms with Gasteiger partial charge in [0.15, 0.2) is 5.78 Å². The molecular weight excluding hydrogens is 304 g/mol. The van der Waals surface area contributed by atoms with E-state index in [2.05, 4.69) is 0 Å². The number of benzene rings is 2. The normalized spacial score (nSPS) is 11.7. The highest BCUT2D eigenvalue weighted by molar-refractivity contribution is 6.17. The van der Waals surface area contributed by atoms with Crippen molar-refractivity contribution >= 4 is 16.8 Å². The molecule has 4 nitrogen and oxygen atoms in total. The Morgan fingerprint density at radius 3 is 2.33 bits per heavy atom. The molecule has 0 saturated carbocycles. The van der Waals surface area contributed by atoms with Gasteiger partial charge < -0.3 is 14.3 Å². The van der Waals surface area contributed by atoms with E-state index in [1.807, 2.05) is 20.8 Å². The van der Waals surface area contributed by atoms with Crippen LogP contribution in [0.3, 0.4) is 0 Å². The lowest BCUT2D eigenvalue weighted by atomic mass is 9.87. The Balaban J connectivity index is 2.22. The molecule has 1 N–H and O–H groups in total. The Kier molecular flexibility index (Phi) is 3.84. The fraction of sp³-hybridized carbons (Fsp3) is 0.250. The van der Waals surface area contributed by atoms with Gasteiger partial charge >= 0.3 is 0 Å². The summed E-state index contributed by atoms with van der Waals surface area (Å²) in [6.07, 6.45) is 0. The number of furan rings is 1. The second kappa shape index (κ2) is 5.71. The number of rotatable bonds is 3. The lowest BCUT2D eigenvalue weighted by molar-refractivity contribution is 0.103. The van der Waals surface area contributed by atoms with Crippen molar-refractivity contribution in [3.8, 4) is 11.5 Å². The van der Waals surface area contributed by atoms with Gasteiger partial charge in [-0.1, -0.05) is 20.8 Å². The first-order valence-corrected chi connectivity index (χ1v) is 7.76. The summed E-state index contributed by atoms with van der Waals surface area (Å²) in [6, 6.07) is 11.8. The van der Waals surface area contributed by atoms with Crippen LogP contribution in [0.1, 0.15) is 42.5 Å². The van der Waals surface area contributed by atoms with Gasteiger partial charge in [0.25, 0.3) is 0 Å². The third-order valence-corrected chi connectivity index (χ3v) is 3.93. The van der Waals surface area contributed by atoms with Crippen LogP contribution >= 0.6 is 0 Å². The van der Waals surface area contributed by atoms with Gasteiger partial charge in [-0.2, -0.15) is 0 Å². The van der Waals surface area contributed by atoms with Gasteiger partial charge in [0, 0.05) is 16.4 Å². The number of fused-ring (bicyclic) bond motifs is 1. The van der Waals surface area contributed by atoms with Crippen molar-refractivity contribution in [3.63, 3.8) is 0 Å². The monoisotopic (exact) mass is 324 g/mol. The van der Waals surface area contributed by atoms with Crippen molar-refractivity contribution in [3.05, 3.63) is 59.4 Å². The van der Waals surface area contributed by atoms with E-state index in [0.29, 0.717) is 33.6 Å². The molecule has 0 aliphatic carbocycles. The number of aromatic hydroxyl groups is 1. The van der Waals surface area contributed by atoms with E-state index in [1.165, 1.54) is 0 Å². The Bertz CT molecular complexity index is 896. The first-order chi connectivity index (χ1) is 11.3. The van der Waals surface area contributed by atoms with E-state index < -0.39 is 0 Å². The van der Waals surface area contributed by atoms with Crippen LogP contribution in [-0.2, 0) is 5.41 Å². The summed E-state index contributed by atoms with van der Waals surface area (Å²) in [7, 11) is 1.58. The van der Waals surface area contributed by atoms with Gasteiger partial charge in [-0.05, 0) is 42.5 Å². The van der Waals surface area contributed by atoms with Gasteiger partial charge in [-0.3, -0.25) is 4.79 Å². The SMILES string of the molecule is COc1ccc(C(=O)c2c(C(C)(C)C)oc3ccc(O)cc23)cc1. The minimum absolute atomic E-state index is 0.104. The number of ether oxygens (including phenoxy) is 1. The van der Waals surface area contributed by atoms with Crippen LogP contribution in [0.25, 0.3) is 11.0 Å². The summed E-state index contributed by atoms with van der Waals surface area (Å²) in [5.41, 5.74) is 1.30. The van der Waals surface area contributed by atoms with Crippen molar-refractivity contribution in [2.24, 2.45) is 0 Å². The molecule has 0 amide bonds. The first-order valence-electron chi connectivity index (χ1n) is 7.76. The molecule has 24 heavy (non-hydrogen) atoms. The average molecular weight is 324 g/mol. The minimum Gasteiger partial charge on any atom is -0.508 e. The van der Waals surface area contributed by atoms with E-state index in [9.17, 15) is 9.90 Å². The maximum atomic E-state index is 13.1. The maximum Gasteiger partial charge on any atom is 0.197 e. The number of hydrogen-bond donors (Lipinski definition) is 1. The zero-order chi connectivity index (χ0) is 17.5. The molecule has 3 aromatic rings. The molecule has 4 heteroatoms. The van der Waals surface area contributed by atoms with E-state index in [-0.39, 0.29) is 16.9 Å². The molecule has 0 radical (unpaired) electrons. The largest absolute Gasteiger partial charge is 0.508 e. The van der Waals surface area contributed by atoms with E-state index in [0.717, 1.165) is 0 Å². The topological polar surface area (TPSA) is 59.7 Å². The Hall–Kier alpha value is -2.75. The highest BCUT2D eigenvalue weighted by Gasteiger charge is 2.29. The molecule has 3 rings (SSSR count). The molecule has 0 spiro atoms. The number of hydrogen-bond acceptors (Lipinski definition) is 4. The third-order valence-electron chi connectivity index (χ3n) is 3.93. The van der Waals surface area contributed by atoms with Gasteiger partial charge in [-0.25, -0.2) is 0 Å². The zero-order valence-corrected chi connectivity index (χ0v) is 14.2. The van der Waals surface area contributed by atoms with E-state index in [1.54, 1.807) is 49.6 Å². The van der Waals surface area contributed by atoms with Crippen molar-refractivity contribution in [2.45, 2.75) is 26.2 Å². The molecule has 124 valence electrons. The fourth-order valence-corrected chi connectivity index (χ4v) is 2.73. The average Bonchev–Trinajstić information content (AvgIpc) is 2.93. The molecule has 1 heterocycles. The second-order valence-electron chi connectivity index (χ2n) is 6.79. The third kappa shape index (κ3) is 2.75. The van der Waals surface area contributed by atoms with Crippen LogP contribution in [0.5, 0.6) is 11.5 Å². The van der Waals surface area contributed by atoms with Crippen LogP contribution in [0.2, 0.25) is 0 Å². The number of phenolic OH excluding ortho intramolecular Hbond substituents is 1. The van der Waals surface area contributed by atoms with E-state index in [4.69, 9.17) is 9.15 Å². The summed E-state index contributed by atoms with van der Waals surface area (Å²) in [5.74, 6) is 1.28. The molecule has 2 aromatic carbocycles. The number of carbonyl (C=O) groups is 1. The molecule has 0 unspecified atom stereocenters. The first kappa shape index (κ1) is 16.1. The molecular formula is C20H20O4. The Morgan fingerprint density at radius 2 is 1.75 bits per heavy atom. The predicted molar refractivity (Wildman–Crippen MR) is 93.0 cm³/mol. The van der Waals surface area contributed by atoms with E-state index >= 15 is 0 Å². The summed E-state index contributed by atoms with van der Waals surface area (Å²) in [6.45, 7) is 5.99. The molecule has 0 aliphatic heterocycles. The predicted octanol–water partition coefficient (Wildman–Crippen LogP) is 4.68. The molecule has 0 bridgehead atoms. The summed E-state index contributed by atoms with van der Waals surface area (Å²) >= 11 is 0. The van der Waals surface area contributed by atoms with Crippen molar-refractivity contribution < 1.29 is 19.1 Å². The highest BCUT2D eigenvalue weighted by atomic mass is 16.5. The van der Waals surface area contributed by atoms with Crippen LogP contribution in [0.4, 0.5) is 0 Å². The number of methoxy groups -OCH3 is 1. The highest BCUT2D eigenvalue weighted by Crippen LogP contribution is 2.37. The molecule has 0 saturated heterocycles. The van der Waals surface area contributed by atoms with Gasteiger partial charge in [0.1, 0.15) is 22.8 Å². The maximum absolute atomic E-state index is 13.1. The quantitative estimate of drug-likeness (QED) is 0.711. The van der Waals surface area contributed by atoms with Crippen LogP contribution in [0.15, 0.2) is 46.9 Å². The Labute approximate surface area is 140 Å². The lowest BCUT2D eigenvalue weighted by Gasteiger charge is -2.17. The van der Waals surface area contributed by atoms with Gasteiger partial charge in [0.05, 0.1) is 12.7 Å². The van der Waals surface area contributed by atoms with Crippen molar-refractivity contribution in [1.29, 1.82) is 0 Å². The molecule has 0 atom stereocenters. The fourth-order valence-electron chi connectivity index (χ4n) is 2.73. The van der Waals surface area contributed by atoms with Crippen molar-refractivity contribution in [2.75, 3.05) is 7.11 Å².